The molecule has 0 aromatic heterocycles. The van der Waals surface area contributed by atoms with Crippen molar-refractivity contribution in [2.24, 2.45) is 0 Å². The molecule has 0 aliphatic heterocycles. The molecule has 0 aliphatic carbocycles. The predicted octanol–water partition coefficient (Wildman–Crippen LogP) is 3.33. The Bertz CT molecular complexity index is 745. The fourth-order valence-electron chi connectivity index (χ4n) is 2.21. The molecule has 0 bridgehead atoms. The van der Waals surface area contributed by atoms with Crippen molar-refractivity contribution in [1.82, 2.24) is 10.8 Å². The number of hydrogen-bond acceptors (Lipinski definition) is 4. The Morgan fingerprint density at radius 3 is 2.50 bits per heavy atom. The van der Waals surface area contributed by atoms with Gasteiger partial charge in [0.1, 0.15) is 17.3 Å². The molecule has 5 nitrogen and oxygen atoms in total. The molecule has 0 saturated heterocycles. The second-order valence-corrected chi connectivity index (χ2v) is 6.04. The van der Waals surface area contributed by atoms with Gasteiger partial charge in [0, 0.05) is 11.6 Å². The summed E-state index contributed by atoms with van der Waals surface area (Å²) < 4.78 is 5.73. The van der Waals surface area contributed by atoms with Crippen molar-refractivity contribution in [2.45, 2.75) is 19.4 Å². The minimum atomic E-state index is -0.154. The molecule has 136 valence electrons. The number of thiocarbonyl (C=S) groups is 1. The Hall–Kier alpha value is -2.70. The molecule has 0 spiro atoms. The zero-order valence-electron chi connectivity index (χ0n) is 14.5. The van der Waals surface area contributed by atoms with E-state index in [9.17, 15) is 4.79 Å². The van der Waals surface area contributed by atoms with Gasteiger partial charge in [-0.05, 0) is 42.3 Å². The van der Waals surface area contributed by atoms with Gasteiger partial charge >= 0.3 is 0 Å². The van der Waals surface area contributed by atoms with Gasteiger partial charge < -0.3 is 10.1 Å². The number of hydrogen-bond donors (Lipinski definition) is 3. The smallest absolute Gasteiger partial charge is 0.244 e. The number of rotatable bonds is 8. The topological polar surface area (TPSA) is 70.6 Å². The lowest BCUT2D eigenvalue weighted by Gasteiger charge is -2.17. The van der Waals surface area contributed by atoms with E-state index in [1.807, 2.05) is 42.7 Å². The van der Waals surface area contributed by atoms with Crippen molar-refractivity contribution in [1.29, 1.82) is 0 Å². The Morgan fingerprint density at radius 1 is 1.19 bits per heavy atom. The minimum absolute atomic E-state index is 0.0946. The van der Waals surface area contributed by atoms with Crippen LogP contribution in [0.1, 0.15) is 24.5 Å². The minimum Gasteiger partial charge on any atom is -0.491 e. The molecule has 1 amide bonds. The Balaban J connectivity index is 1.84. The van der Waals surface area contributed by atoms with Gasteiger partial charge in [-0.2, -0.15) is 0 Å². The Morgan fingerprint density at radius 2 is 1.88 bits per heavy atom. The molecular formula is C20H22N2O3S. The van der Waals surface area contributed by atoms with Crippen LogP contribution in [0.25, 0.3) is 6.08 Å². The SMILES string of the molecule is CC[C@@H](COc1ccc(C(=S)NO)cc1)NC(=O)C=Cc1ccccc1. The second-order valence-electron chi connectivity index (χ2n) is 5.63. The molecule has 6 heteroatoms. The van der Waals surface area contributed by atoms with Gasteiger partial charge in [0.2, 0.25) is 5.91 Å². The summed E-state index contributed by atoms with van der Waals surface area (Å²) in [6, 6.07) is 16.6. The van der Waals surface area contributed by atoms with Crippen molar-refractivity contribution in [3.63, 3.8) is 0 Å². The standard InChI is InChI=1S/C20H22N2O3S/c1-2-17(21-19(23)13-8-15-6-4-3-5-7-15)14-25-18-11-9-16(10-12-18)20(26)22-24/h3-13,17,24H,2,14H2,1H3,(H,21,23)(H,22,26)/t17-/m0/s1. The molecule has 26 heavy (non-hydrogen) atoms. The van der Waals surface area contributed by atoms with Crippen molar-refractivity contribution in [2.75, 3.05) is 6.61 Å². The van der Waals surface area contributed by atoms with E-state index in [4.69, 9.17) is 22.2 Å². The molecule has 0 unspecified atom stereocenters. The monoisotopic (exact) mass is 370 g/mol. The zero-order valence-corrected chi connectivity index (χ0v) is 15.3. The van der Waals surface area contributed by atoms with Crippen LogP contribution in [0.5, 0.6) is 5.75 Å². The van der Waals surface area contributed by atoms with E-state index in [1.165, 1.54) is 6.08 Å². The van der Waals surface area contributed by atoms with Crippen LogP contribution in [0.15, 0.2) is 60.7 Å². The summed E-state index contributed by atoms with van der Waals surface area (Å²) in [4.78, 5) is 12.3. The summed E-state index contributed by atoms with van der Waals surface area (Å²) in [5, 5.41) is 11.7. The van der Waals surface area contributed by atoms with Gasteiger partial charge in [-0.3, -0.25) is 15.5 Å². The number of ether oxygens (including phenoxy) is 1. The van der Waals surface area contributed by atoms with E-state index < -0.39 is 0 Å². The molecule has 0 radical (unpaired) electrons. The molecule has 3 N–H and O–H groups in total. The lowest BCUT2D eigenvalue weighted by Crippen LogP contribution is -2.37. The number of carbonyl (C=O) groups excluding carboxylic acids is 1. The molecule has 0 saturated carbocycles. The summed E-state index contributed by atoms with van der Waals surface area (Å²) in [6.45, 7) is 2.35. The summed E-state index contributed by atoms with van der Waals surface area (Å²) in [5.41, 5.74) is 3.61. The third kappa shape index (κ3) is 6.31. The zero-order chi connectivity index (χ0) is 18.8. The Labute approximate surface area is 158 Å². The van der Waals surface area contributed by atoms with Gasteiger partial charge in [0.05, 0.1) is 6.04 Å². The van der Waals surface area contributed by atoms with Crippen LogP contribution < -0.4 is 15.5 Å². The highest BCUT2D eigenvalue weighted by Gasteiger charge is 2.10. The van der Waals surface area contributed by atoms with E-state index >= 15 is 0 Å². The Kier molecular flexibility index (Phi) is 7.79. The van der Waals surface area contributed by atoms with Crippen LogP contribution in [0.4, 0.5) is 0 Å². The second kappa shape index (κ2) is 10.3. The first kappa shape index (κ1) is 19.6. The van der Waals surface area contributed by atoms with E-state index in [1.54, 1.807) is 30.3 Å². The van der Waals surface area contributed by atoms with Crippen LogP contribution in [0, 0.1) is 0 Å². The predicted molar refractivity (Wildman–Crippen MR) is 106 cm³/mol. The van der Waals surface area contributed by atoms with Crippen molar-refractivity contribution >= 4 is 29.2 Å². The maximum absolute atomic E-state index is 12.1. The fraction of sp³-hybridized carbons (Fsp3) is 0.200. The van der Waals surface area contributed by atoms with Crippen molar-refractivity contribution in [3.05, 3.63) is 71.8 Å². The highest BCUT2D eigenvalue weighted by Crippen LogP contribution is 2.13. The fourth-order valence-corrected chi connectivity index (χ4v) is 2.35. The van der Waals surface area contributed by atoms with E-state index in [0.717, 1.165) is 12.0 Å². The average Bonchev–Trinajstić information content (AvgIpc) is 2.70. The van der Waals surface area contributed by atoms with Crippen LogP contribution in [-0.2, 0) is 4.79 Å². The average molecular weight is 370 g/mol. The molecule has 0 fully saturated rings. The summed E-state index contributed by atoms with van der Waals surface area (Å²) >= 11 is 4.94. The first-order valence-electron chi connectivity index (χ1n) is 8.33. The normalized spacial score (nSPS) is 11.8. The van der Waals surface area contributed by atoms with E-state index in [-0.39, 0.29) is 16.9 Å². The van der Waals surface area contributed by atoms with Gasteiger partial charge in [-0.25, -0.2) is 0 Å². The lowest BCUT2D eigenvalue weighted by atomic mass is 10.2. The molecule has 0 aliphatic rings. The van der Waals surface area contributed by atoms with Crippen LogP contribution in [0.3, 0.4) is 0 Å². The summed E-state index contributed by atoms with van der Waals surface area (Å²) in [6.07, 6.45) is 4.05. The quantitative estimate of drug-likeness (QED) is 0.378. The number of hydroxylamine groups is 1. The largest absolute Gasteiger partial charge is 0.491 e. The molecule has 2 rings (SSSR count). The maximum Gasteiger partial charge on any atom is 0.244 e. The van der Waals surface area contributed by atoms with Gasteiger partial charge in [0.15, 0.2) is 0 Å². The molecular weight excluding hydrogens is 348 g/mol. The van der Waals surface area contributed by atoms with Gasteiger partial charge in [0.25, 0.3) is 0 Å². The van der Waals surface area contributed by atoms with Crippen LogP contribution in [-0.4, -0.2) is 28.8 Å². The highest BCUT2D eigenvalue weighted by molar-refractivity contribution is 7.80. The molecule has 0 heterocycles. The first-order valence-corrected chi connectivity index (χ1v) is 8.74. The maximum atomic E-state index is 12.1. The highest BCUT2D eigenvalue weighted by atomic mass is 32.1. The number of amides is 1. The van der Waals surface area contributed by atoms with E-state index in [2.05, 4.69) is 5.32 Å². The molecule has 1 atom stereocenters. The summed E-state index contributed by atoms with van der Waals surface area (Å²) in [7, 11) is 0. The van der Waals surface area contributed by atoms with Crippen LogP contribution in [0.2, 0.25) is 0 Å². The third-order valence-corrected chi connectivity index (χ3v) is 4.06. The lowest BCUT2D eigenvalue weighted by molar-refractivity contribution is -0.117. The third-order valence-electron chi connectivity index (χ3n) is 3.74. The summed E-state index contributed by atoms with van der Waals surface area (Å²) in [5.74, 6) is 0.515. The number of benzene rings is 2. The van der Waals surface area contributed by atoms with Gasteiger partial charge in [-0.15, -0.1) is 0 Å². The number of nitrogens with one attached hydrogen (secondary N) is 2. The molecule has 2 aromatic carbocycles. The van der Waals surface area contributed by atoms with Crippen molar-refractivity contribution in [3.8, 4) is 5.75 Å². The first-order chi connectivity index (χ1) is 12.6. The van der Waals surface area contributed by atoms with Crippen LogP contribution >= 0.6 is 12.2 Å². The van der Waals surface area contributed by atoms with Gasteiger partial charge in [-0.1, -0.05) is 49.5 Å². The molecule has 2 aromatic rings. The number of carbonyl (C=O) groups is 1. The van der Waals surface area contributed by atoms with Crippen molar-refractivity contribution < 1.29 is 14.7 Å². The van der Waals surface area contributed by atoms with E-state index in [0.29, 0.717) is 17.9 Å².